The van der Waals surface area contributed by atoms with Gasteiger partial charge in [0.05, 0.1) is 0 Å². The van der Waals surface area contributed by atoms with Gasteiger partial charge < -0.3 is 10.6 Å². The molecule has 0 saturated carbocycles. The summed E-state index contributed by atoms with van der Waals surface area (Å²) in [5.74, 6) is 2.15. The molecule has 0 fully saturated rings. The quantitative estimate of drug-likeness (QED) is 0.917. The summed E-state index contributed by atoms with van der Waals surface area (Å²) in [5.41, 5.74) is 9.35. The molecule has 100 valence electrons. The van der Waals surface area contributed by atoms with Crippen LogP contribution in [0.15, 0.2) is 24.3 Å². The van der Waals surface area contributed by atoms with E-state index in [1.807, 2.05) is 20.9 Å². The Kier molecular flexibility index (Phi) is 3.69. The van der Waals surface area contributed by atoms with Crippen LogP contribution in [0.5, 0.6) is 0 Å². The molecule has 4 nitrogen and oxygen atoms in total. The fourth-order valence-electron chi connectivity index (χ4n) is 2.05. The predicted molar refractivity (Wildman–Crippen MR) is 79.2 cm³/mol. The van der Waals surface area contributed by atoms with Gasteiger partial charge >= 0.3 is 0 Å². The molecule has 1 aromatic heterocycles. The number of anilines is 2. The second-order valence-electron chi connectivity index (χ2n) is 4.95. The normalized spacial score (nSPS) is 10.5. The summed E-state index contributed by atoms with van der Waals surface area (Å²) in [5, 5.41) is 0. The average molecular weight is 256 g/mol. The molecule has 2 rings (SSSR count). The second kappa shape index (κ2) is 5.26. The molecule has 2 aromatic rings. The van der Waals surface area contributed by atoms with E-state index in [2.05, 4.69) is 46.1 Å². The minimum atomic E-state index is 0.554. The van der Waals surface area contributed by atoms with Crippen molar-refractivity contribution in [2.45, 2.75) is 27.3 Å². The maximum atomic E-state index is 5.89. The number of nitrogen functional groups attached to an aromatic ring is 1. The molecule has 0 aliphatic heterocycles. The van der Waals surface area contributed by atoms with Gasteiger partial charge in [-0.2, -0.15) is 0 Å². The number of benzene rings is 1. The number of rotatable bonds is 3. The maximum Gasteiger partial charge on any atom is 0.137 e. The van der Waals surface area contributed by atoms with Crippen LogP contribution in [0.3, 0.4) is 0 Å². The van der Waals surface area contributed by atoms with Gasteiger partial charge in [-0.25, -0.2) is 9.97 Å². The van der Waals surface area contributed by atoms with Crippen LogP contribution >= 0.6 is 0 Å². The Bertz CT molecular complexity index is 575. The largest absolute Gasteiger partial charge is 0.383 e. The lowest BCUT2D eigenvalue weighted by atomic mass is 10.1. The highest BCUT2D eigenvalue weighted by molar-refractivity contribution is 5.56. The highest BCUT2D eigenvalue weighted by Gasteiger charge is 2.11. The number of hydrogen-bond acceptors (Lipinski definition) is 4. The van der Waals surface area contributed by atoms with Crippen LogP contribution in [0.25, 0.3) is 0 Å². The molecule has 0 saturated heterocycles. The highest BCUT2D eigenvalue weighted by Crippen LogP contribution is 2.21. The van der Waals surface area contributed by atoms with Gasteiger partial charge in [-0.1, -0.05) is 29.8 Å². The van der Waals surface area contributed by atoms with Crippen molar-refractivity contribution in [1.82, 2.24) is 9.97 Å². The molecule has 1 aromatic carbocycles. The summed E-state index contributed by atoms with van der Waals surface area (Å²) in [4.78, 5) is 10.8. The van der Waals surface area contributed by atoms with E-state index in [-0.39, 0.29) is 0 Å². The molecule has 0 atom stereocenters. The minimum Gasteiger partial charge on any atom is -0.383 e. The third-order valence-corrected chi connectivity index (χ3v) is 3.17. The number of hydrogen-bond donors (Lipinski definition) is 1. The average Bonchev–Trinajstić information content (AvgIpc) is 2.36. The first-order chi connectivity index (χ1) is 8.97. The Hall–Kier alpha value is -2.10. The van der Waals surface area contributed by atoms with Crippen molar-refractivity contribution in [1.29, 1.82) is 0 Å². The summed E-state index contributed by atoms with van der Waals surface area (Å²) in [6.45, 7) is 6.71. The van der Waals surface area contributed by atoms with Crippen LogP contribution < -0.4 is 10.6 Å². The monoisotopic (exact) mass is 256 g/mol. The number of aryl methyl sites for hydroxylation is 2. The fraction of sp³-hybridized carbons (Fsp3) is 0.333. The van der Waals surface area contributed by atoms with Gasteiger partial charge in [0, 0.05) is 19.2 Å². The van der Waals surface area contributed by atoms with Crippen LogP contribution in [0.1, 0.15) is 22.5 Å². The molecule has 4 heteroatoms. The van der Waals surface area contributed by atoms with Crippen molar-refractivity contribution < 1.29 is 0 Å². The Morgan fingerprint density at radius 1 is 1.05 bits per heavy atom. The van der Waals surface area contributed by atoms with Gasteiger partial charge in [-0.15, -0.1) is 0 Å². The summed E-state index contributed by atoms with van der Waals surface area (Å²) in [6, 6.07) is 8.52. The molecule has 1 heterocycles. The summed E-state index contributed by atoms with van der Waals surface area (Å²) in [6.07, 6.45) is 0. The standard InChI is InChI=1S/C15H20N4/c1-10-5-7-13(8-6-10)9-19(4)15-11(2)14(16)17-12(3)18-15/h5-8H,9H2,1-4H3,(H2,16,17,18). The van der Waals surface area contributed by atoms with Gasteiger partial charge in [0.2, 0.25) is 0 Å². The molecule has 0 spiro atoms. The van der Waals surface area contributed by atoms with E-state index in [1.165, 1.54) is 11.1 Å². The van der Waals surface area contributed by atoms with Crippen LogP contribution in [0, 0.1) is 20.8 Å². The first kappa shape index (κ1) is 13.3. The van der Waals surface area contributed by atoms with Gasteiger partial charge in [0.1, 0.15) is 17.5 Å². The number of aromatic nitrogens is 2. The van der Waals surface area contributed by atoms with Crippen LogP contribution in [0.4, 0.5) is 11.6 Å². The van der Waals surface area contributed by atoms with E-state index in [0.29, 0.717) is 11.6 Å². The van der Waals surface area contributed by atoms with Crippen molar-refractivity contribution in [3.63, 3.8) is 0 Å². The zero-order chi connectivity index (χ0) is 14.0. The summed E-state index contributed by atoms with van der Waals surface area (Å²) < 4.78 is 0. The maximum absolute atomic E-state index is 5.89. The van der Waals surface area contributed by atoms with E-state index in [0.717, 1.165) is 17.9 Å². The smallest absolute Gasteiger partial charge is 0.137 e. The van der Waals surface area contributed by atoms with E-state index in [9.17, 15) is 0 Å². The van der Waals surface area contributed by atoms with Gasteiger partial charge in [-0.05, 0) is 26.3 Å². The van der Waals surface area contributed by atoms with Crippen molar-refractivity contribution in [2.75, 3.05) is 17.7 Å². The predicted octanol–water partition coefficient (Wildman–Crippen LogP) is 2.62. The lowest BCUT2D eigenvalue weighted by Crippen LogP contribution is -2.20. The van der Waals surface area contributed by atoms with Crippen LogP contribution in [0.2, 0.25) is 0 Å². The molecule has 0 radical (unpaired) electrons. The Labute approximate surface area is 114 Å². The molecule has 0 aliphatic carbocycles. The van der Waals surface area contributed by atoms with E-state index < -0.39 is 0 Å². The SMILES string of the molecule is Cc1ccc(CN(C)c2nc(C)nc(N)c2C)cc1. The summed E-state index contributed by atoms with van der Waals surface area (Å²) in [7, 11) is 2.02. The van der Waals surface area contributed by atoms with Crippen LogP contribution in [-0.4, -0.2) is 17.0 Å². The Balaban J connectivity index is 2.24. The first-order valence-corrected chi connectivity index (χ1v) is 6.35. The first-order valence-electron chi connectivity index (χ1n) is 6.35. The molecule has 19 heavy (non-hydrogen) atoms. The third kappa shape index (κ3) is 3.02. The minimum absolute atomic E-state index is 0.554. The Morgan fingerprint density at radius 3 is 2.32 bits per heavy atom. The zero-order valence-electron chi connectivity index (χ0n) is 11.9. The molecule has 2 N–H and O–H groups in total. The van der Waals surface area contributed by atoms with E-state index in [4.69, 9.17) is 5.73 Å². The third-order valence-electron chi connectivity index (χ3n) is 3.17. The molecule has 0 unspecified atom stereocenters. The number of nitrogens with zero attached hydrogens (tertiary/aromatic N) is 3. The lowest BCUT2D eigenvalue weighted by molar-refractivity contribution is 0.871. The topological polar surface area (TPSA) is 55.0 Å². The molecular formula is C15H20N4. The van der Waals surface area contributed by atoms with Crippen molar-refractivity contribution in [2.24, 2.45) is 0 Å². The number of nitrogens with two attached hydrogens (primary N) is 1. The molecule has 0 bridgehead atoms. The lowest BCUT2D eigenvalue weighted by Gasteiger charge is -2.21. The Morgan fingerprint density at radius 2 is 1.68 bits per heavy atom. The van der Waals surface area contributed by atoms with Crippen molar-refractivity contribution in [3.8, 4) is 0 Å². The van der Waals surface area contributed by atoms with Gasteiger partial charge in [0.25, 0.3) is 0 Å². The van der Waals surface area contributed by atoms with E-state index >= 15 is 0 Å². The van der Waals surface area contributed by atoms with Crippen LogP contribution in [-0.2, 0) is 6.54 Å². The molecular weight excluding hydrogens is 236 g/mol. The highest BCUT2D eigenvalue weighted by atomic mass is 15.2. The van der Waals surface area contributed by atoms with E-state index in [1.54, 1.807) is 0 Å². The molecule has 0 amide bonds. The van der Waals surface area contributed by atoms with Crippen molar-refractivity contribution in [3.05, 3.63) is 46.8 Å². The zero-order valence-corrected chi connectivity index (χ0v) is 11.9. The van der Waals surface area contributed by atoms with Gasteiger partial charge in [-0.3, -0.25) is 0 Å². The fourth-order valence-corrected chi connectivity index (χ4v) is 2.05. The molecule has 0 aliphatic rings. The second-order valence-corrected chi connectivity index (χ2v) is 4.95. The van der Waals surface area contributed by atoms with Gasteiger partial charge in [0.15, 0.2) is 0 Å². The van der Waals surface area contributed by atoms with Crippen molar-refractivity contribution >= 4 is 11.6 Å². The summed E-state index contributed by atoms with van der Waals surface area (Å²) >= 11 is 0.